The maximum atomic E-state index is 12.6. The molecule has 1 aromatic heterocycles. The third-order valence-electron chi connectivity index (χ3n) is 5.21. The van der Waals surface area contributed by atoms with E-state index in [0.717, 1.165) is 22.4 Å². The summed E-state index contributed by atoms with van der Waals surface area (Å²) in [7, 11) is 0. The first-order valence-corrected chi connectivity index (χ1v) is 9.62. The molecule has 0 bridgehead atoms. The van der Waals surface area contributed by atoms with Gasteiger partial charge in [-0.2, -0.15) is 0 Å². The highest BCUT2D eigenvalue weighted by molar-refractivity contribution is 5.95. The molecule has 6 heteroatoms. The van der Waals surface area contributed by atoms with Gasteiger partial charge in [0, 0.05) is 36.5 Å². The summed E-state index contributed by atoms with van der Waals surface area (Å²) < 4.78 is 0. The van der Waals surface area contributed by atoms with Gasteiger partial charge in [-0.1, -0.05) is 24.3 Å². The second-order valence-corrected chi connectivity index (χ2v) is 7.22. The van der Waals surface area contributed by atoms with E-state index in [9.17, 15) is 15.0 Å². The Balaban J connectivity index is 1.37. The number of phenolic OH excluding ortho intramolecular Hbond substituents is 1. The zero-order valence-electron chi connectivity index (χ0n) is 15.9. The minimum Gasteiger partial charge on any atom is -0.508 e. The standard InChI is InChI=1S/C23H23N3O3/c27-19-8-7-15-12-21(25-13-18(15)11-19)22(28)14-26-23(29)17-5-3-4-16(10-17)20-6-1-2-9-24-20/h1-11,21-22,25,27-28H,12-14H2,(H,26,29)/t21-,22+/m0/s1. The van der Waals surface area contributed by atoms with E-state index in [4.69, 9.17) is 0 Å². The van der Waals surface area contributed by atoms with Crippen molar-refractivity contribution >= 4 is 5.91 Å². The van der Waals surface area contributed by atoms with E-state index < -0.39 is 6.10 Å². The number of carbonyl (C=O) groups is 1. The number of carbonyl (C=O) groups excluding carboxylic acids is 1. The Morgan fingerprint density at radius 1 is 1.14 bits per heavy atom. The van der Waals surface area contributed by atoms with Crippen molar-refractivity contribution in [1.29, 1.82) is 0 Å². The number of rotatable bonds is 5. The predicted octanol–water partition coefficient (Wildman–Crippen LogP) is 2.26. The quantitative estimate of drug-likeness (QED) is 0.537. The van der Waals surface area contributed by atoms with Gasteiger partial charge in [0.15, 0.2) is 0 Å². The van der Waals surface area contributed by atoms with Crippen LogP contribution in [0.15, 0.2) is 66.9 Å². The van der Waals surface area contributed by atoms with E-state index in [1.807, 2.05) is 36.4 Å². The second-order valence-electron chi connectivity index (χ2n) is 7.22. The molecular formula is C23H23N3O3. The number of nitrogens with zero attached hydrogens (tertiary/aromatic N) is 1. The fourth-order valence-corrected chi connectivity index (χ4v) is 3.59. The maximum absolute atomic E-state index is 12.6. The number of fused-ring (bicyclic) bond motifs is 1. The molecule has 1 aliphatic rings. The van der Waals surface area contributed by atoms with Crippen LogP contribution in [-0.4, -0.2) is 39.8 Å². The predicted molar refractivity (Wildman–Crippen MR) is 110 cm³/mol. The maximum Gasteiger partial charge on any atom is 0.251 e. The molecule has 0 aliphatic carbocycles. The van der Waals surface area contributed by atoms with Crippen LogP contribution in [0.5, 0.6) is 5.75 Å². The number of aliphatic hydroxyl groups excluding tert-OH is 1. The Labute approximate surface area is 169 Å². The summed E-state index contributed by atoms with van der Waals surface area (Å²) in [6, 6.07) is 18.0. The number of pyridine rings is 1. The number of aromatic nitrogens is 1. The highest BCUT2D eigenvalue weighted by Crippen LogP contribution is 2.22. The average molecular weight is 389 g/mol. The molecule has 2 atom stereocenters. The third-order valence-corrected chi connectivity index (χ3v) is 5.21. The van der Waals surface area contributed by atoms with Crippen LogP contribution in [0.25, 0.3) is 11.3 Å². The fourth-order valence-electron chi connectivity index (χ4n) is 3.59. The van der Waals surface area contributed by atoms with Crippen molar-refractivity contribution in [3.8, 4) is 17.0 Å². The summed E-state index contributed by atoms with van der Waals surface area (Å²) in [5.41, 5.74) is 4.33. The summed E-state index contributed by atoms with van der Waals surface area (Å²) in [5, 5.41) is 26.2. The molecule has 0 fully saturated rings. The summed E-state index contributed by atoms with van der Waals surface area (Å²) in [6.07, 6.45) is 1.64. The van der Waals surface area contributed by atoms with Crippen molar-refractivity contribution in [2.24, 2.45) is 0 Å². The topological polar surface area (TPSA) is 94.5 Å². The number of hydrogen-bond donors (Lipinski definition) is 4. The molecule has 1 aliphatic heterocycles. The summed E-state index contributed by atoms with van der Waals surface area (Å²) in [6.45, 7) is 0.725. The molecule has 2 heterocycles. The SMILES string of the molecule is O=C(NC[C@@H](O)[C@@H]1Cc2ccc(O)cc2CN1)c1cccc(-c2ccccn2)c1. The van der Waals surface area contributed by atoms with Crippen LogP contribution in [-0.2, 0) is 13.0 Å². The van der Waals surface area contributed by atoms with Crippen molar-refractivity contribution < 1.29 is 15.0 Å². The van der Waals surface area contributed by atoms with Gasteiger partial charge < -0.3 is 20.8 Å². The molecule has 1 amide bonds. The zero-order valence-corrected chi connectivity index (χ0v) is 15.9. The molecule has 0 saturated heterocycles. The molecule has 0 saturated carbocycles. The van der Waals surface area contributed by atoms with Gasteiger partial charge in [0.1, 0.15) is 5.75 Å². The molecule has 4 rings (SSSR count). The van der Waals surface area contributed by atoms with Gasteiger partial charge in [-0.05, 0) is 53.9 Å². The van der Waals surface area contributed by atoms with E-state index in [2.05, 4.69) is 15.6 Å². The Bertz CT molecular complexity index is 1010. The summed E-state index contributed by atoms with van der Waals surface area (Å²) in [4.78, 5) is 16.9. The molecule has 2 aromatic carbocycles. The smallest absolute Gasteiger partial charge is 0.251 e. The normalized spacial score (nSPS) is 16.7. The van der Waals surface area contributed by atoms with E-state index in [1.165, 1.54) is 0 Å². The molecule has 148 valence electrons. The first-order chi connectivity index (χ1) is 14.1. The minimum atomic E-state index is -0.722. The van der Waals surface area contributed by atoms with Gasteiger partial charge in [-0.25, -0.2) is 0 Å². The Morgan fingerprint density at radius 2 is 2.03 bits per heavy atom. The summed E-state index contributed by atoms with van der Waals surface area (Å²) in [5.74, 6) is 0.00714. The molecule has 4 N–H and O–H groups in total. The van der Waals surface area contributed by atoms with Crippen molar-refractivity contribution in [2.45, 2.75) is 25.1 Å². The fraction of sp³-hybridized carbons (Fsp3) is 0.217. The van der Waals surface area contributed by atoms with E-state index in [0.29, 0.717) is 18.5 Å². The molecular weight excluding hydrogens is 366 g/mol. The third kappa shape index (κ3) is 4.45. The number of aromatic hydroxyl groups is 1. The largest absolute Gasteiger partial charge is 0.508 e. The number of nitrogens with one attached hydrogen (secondary N) is 2. The van der Waals surface area contributed by atoms with E-state index in [-0.39, 0.29) is 24.2 Å². The highest BCUT2D eigenvalue weighted by atomic mass is 16.3. The first kappa shape index (κ1) is 19.1. The Morgan fingerprint density at radius 3 is 2.86 bits per heavy atom. The van der Waals surface area contributed by atoms with Crippen LogP contribution >= 0.6 is 0 Å². The molecule has 0 radical (unpaired) electrons. The van der Waals surface area contributed by atoms with Crippen molar-refractivity contribution in [1.82, 2.24) is 15.6 Å². The number of phenols is 1. The van der Waals surface area contributed by atoms with Crippen molar-refractivity contribution in [3.63, 3.8) is 0 Å². The number of hydrogen-bond acceptors (Lipinski definition) is 5. The van der Waals surface area contributed by atoms with Crippen molar-refractivity contribution in [3.05, 3.63) is 83.6 Å². The number of benzene rings is 2. The van der Waals surface area contributed by atoms with Crippen LogP contribution in [0, 0.1) is 0 Å². The van der Waals surface area contributed by atoms with Crippen molar-refractivity contribution in [2.75, 3.05) is 6.54 Å². The van der Waals surface area contributed by atoms with Crippen LogP contribution in [0.2, 0.25) is 0 Å². The second kappa shape index (κ2) is 8.43. The van der Waals surface area contributed by atoms with Crippen LogP contribution in [0.4, 0.5) is 0 Å². The number of amides is 1. The Hall–Kier alpha value is -3.22. The Kier molecular flexibility index (Phi) is 5.55. The monoisotopic (exact) mass is 389 g/mol. The molecule has 3 aromatic rings. The van der Waals surface area contributed by atoms with Gasteiger partial charge >= 0.3 is 0 Å². The van der Waals surface area contributed by atoms with Crippen LogP contribution in [0.1, 0.15) is 21.5 Å². The van der Waals surface area contributed by atoms with Gasteiger partial charge in [0.2, 0.25) is 0 Å². The first-order valence-electron chi connectivity index (χ1n) is 9.62. The average Bonchev–Trinajstić information content (AvgIpc) is 2.77. The van der Waals surface area contributed by atoms with E-state index in [1.54, 1.807) is 30.5 Å². The molecule has 0 unspecified atom stereocenters. The lowest BCUT2D eigenvalue weighted by Gasteiger charge is -2.30. The van der Waals surface area contributed by atoms with Gasteiger partial charge in [0.05, 0.1) is 11.8 Å². The zero-order chi connectivity index (χ0) is 20.2. The van der Waals surface area contributed by atoms with E-state index >= 15 is 0 Å². The lowest BCUT2D eigenvalue weighted by Crippen LogP contribution is -2.49. The van der Waals surface area contributed by atoms with Gasteiger partial charge in [-0.15, -0.1) is 0 Å². The van der Waals surface area contributed by atoms with Crippen LogP contribution in [0.3, 0.4) is 0 Å². The lowest BCUT2D eigenvalue weighted by molar-refractivity contribution is 0.0870. The molecule has 29 heavy (non-hydrogen) atoms. The lowest BCUT2D eigenvalue weighted by atomic mass is 9.92. The van der Waals surface area contributed by atoms with Crippen LogP contribution < -0.4 is 10.6 Å². The van der Waals surface area contributed by atoms with Gasteiger partial charge in [-0.3, -0.25) is 9.78 Å². The molecule has 0 spiro atoms. The van der Waals surface area contributed by atoms with Gasteiger partial charge in [0.25, 0.3) is 5.91 Å². The highest BCUT2D eigenvalue weighted by Gasteiger charge is 2.25. The number of aliphatic hydroxyl groups is 1. The molecule has 6 nitrogen and oxygen atoms in total. The minimum absolute atomic E-state index is 0.151. The summed E-state index contributed by atoms with van der Waals surface area (Å²) >= 11 is 0.